The molecule has 0 aliphatic heterocycles. The molecular formula is C19H26N6O2. The first-order valence-electron chi connectivity index (χ1n) is 8.85. The zero-order valence-corrected chi connectivity index (χ0v) is 16.5. The molecule has 4 N–H and O–H groups in total. The topological polar surface area (TPSA) is 123 Å². The standard InChI is InChI=1S/C17H20N6O2.C2H6/c1-9-10(19-7-18-9)5-12-15(24)23-13(16(25)22-12)6-11-14(17(2,3)4)21-8-20-11;1-2/h5-8H,1-4H3,(H,18,19)(H,20,21)(H,22,25)(H,23,24);1-2H3/b12-5-,13-6-;. The Morgan fingerprint density at radius 1 is 0.852 bits per heavy atom. The summed E-state index contributed by atoms with van der Waals surface area (Å²) in [7, 11) is 0. The molecule has 0 spiro atoms. The monoisotopic (exact) mass is 370 g/mol. The Morgan fingerprint density at radius 3 is 1.81 bits per heavy atom. The third-order valence-corrected chi connectivity index (χ3v) is 3.84. The van der Waals surface area contributed by atoms with Gasteiger partial charge in [0.1, 0.15) is 10.7 Å². The van der Waals surface area contributed by atoms with Crippen LogP contribution in [0.25, 0.3) is 12.2 Å². The molecule has 3 rings (SSSR count). The largest absolute Gasteiger partial charge is 0.348 e. The number of nitrogens with one attached hydrogen (secondary N) is 4. The smallest absolute Gasteiger partial charge is 0.272 e. The van der Waals surface area contributed by atoms with Crippen molar-refractivity contribution in [3.8, 4) is 0 Å². The Hall–Kier alpha value is -3.16. The zero-order valence-electron chi connectivity index (χ0n) is 16.5. The van der Waals surface area contributed by atoms with Gasteiger partial charge in [0, 0.05) is 16.8 Å². The molecule has 0 fully saturated rings. The number of nitrogens with zero attached hydrogens (tertiary/aromatic N) is 2. The number of rotatable bonds is 2. The summed E-state index contributed by atoms with van der Waals surface area (Å²) in [5.74, 6) is 0. The molecule has 8 heteroatoms. The maximum absolute atomic E-state index is 12.3. The van der Waals surface area contributed by atoms with E-state index in [4.69, 9.17) is 0 Å². The number of imidazole rings is 2. The van der Waals surface area contributed by atoms with Crippen molar-refractivity contribution in [1.29, 1.82) is 0 Å². The van der Waals surface area contributed by atoms with Gasteiger partial charge in [0.25, 0.3) is 11.1 Å². The van der Waals surface area contributed by atoms with Crippen LogP contribution in [0.4, 0.5) is 0 Å². The lowest BCUT2D eigenvalue weighted by Crippen LogP contribution is -2.46. The molecule has 0 aromatic carbocycles. The van der Waals surface area contributed by atoms with Gasteiger partial charge in [0.15, 0.2) is 0 Å². The second kappa shape index (κ2) is 8.03. The summed E-state index contributed by atoms with van der Waals surface area (Å²) >= 11 is 0. The molecule has 0 bridgehead atoms. The van der Waals surface area contributed by atoms with Crippen molar-refractivity contribution in [2.75, 3.05) is 0 Å². The predicted molar refractivity (Wildman–Crippen MR) is 106 cm³/mol. The maximum atomic E-state index is 12.3. The van der Waals surface area contributed by atoms with Crippen LogP contribution in [0.2, 0.25) is 0 Å². The van der Waals surface area contributed by atoms with Gasteiger partial charge in [0.2, 0.25) is 0 Å². The highest BCUT2D eigenvalue weighted by Gasteiger charge is 2.19. The summed E-state index contributed by atoms with van der Waals surface area (Å²) < 4.78 is 0. The van der Waals surface area contributed by atoms with Gasteiger partial charge in [-0.1, -0.05) is 34.6 Å². The molecule has 27 heavy (non-hydrogen) atoms. The number of H-pyrrole nitrogens is 4. The number of hydrogen-bond donors (Lipinski definition) is 4. The van der Waals surface area contributed by atoms with E-state index in [1.165, 1.54) is 12.4 Å². The first-order chi connectivity index (χ1) is 12.8. The van der Waals surface area contributed by atoms with E-state index in [-0.39, 0.29) is 16.1 Å². The van der Waals surface area contributed by atoms with Gasteiger partial charge in [-0.15, -0.1) is 0 Å². The highest BCUT2D eigenvalue weighted by Crippen LogP contribution is 2.22. The highest BCUT2D eigenvalue weighted by molar-refractivity contribution is 5.48. The Labute approximate surface area is 156 Å². The Morgan fingerprint density at radius 2 is 1.33 bits per heavy atom. The number of aryl methyl sites for hydroxylation is 1. The third-order valence-electron chi connectivity index (χ3n) is 3.84. The molecule has 3 heterocycles. The molecule has 0 aliphatic rings. The molecule has 0 amide bonds. The van der Waals surface area contributed by atoms with Crippen LogP contribution in [0.5, 0.6) is 0 Å². The molecule has 8 nitrogen and oxygen atoms in total. The molecule has 3 aromatic rings. The number of hydrogen-bond acceptors (Lipinski definition) is 4. The van der Waals surface area contributed by atoms with Gasteiger partial charge in [0.05, 0.1) is 24.0 Å². The Kier molecular flexibility index (Phi) is 5.99. The molecule has 0 saturated carbocycles. The summed E-state index contributed by atoms with van der Waals surface area (Å²) in [6.07, 6.45) is 6.20. The van der Waals surface area contributed by atoms with Gasteiger partial charge >= 0.3 is 0 Å². The minimum Gasteiger partial charge on any atom is -0.348 e. The summed E-state index contributed by atoms with van der Waals surface area (Å²) in [6.45, 7) is 11.9. The van der Waals surface area contributed by atoms with Crippen molar-refractivity contribution in [2.45, 2.75) is 47.0 Å². The molecule has 3 aromatic heterocycles. The van der Waals surface area contributed by atoms with Crippen molar-refractivity contribution in [2.24, 2.45) is 0 Å². The SMILES string of the molecule is CC.Cc1[nH]cnc1/C=c1\[nH]c(=O)/c(=C/c2nc[nH]c2C(C)(C)C)[nH]c1=O. The van der Waals surface area contributed by atoms with E-state index in [1.807, 2.05) is 41.5 Å². The van der Waals surface area contributed by atoms with Gasteiger partial charge in [-0.05, 0) is 19.1 Å². The first kappa shape index (κ1) is 20.2. The fourth-order valence-electron chi connectivity index (χ4n) is 2.50. The van der Waals surface area contributed by atoms with E-state index < -0.39 is 11.1 Å². The summed E-state index contributed by atoms with van der Waals surface area (Å²) in [5, 5.41) is 0.300. The van der Waals surface area contributed by atoms with Gasteiger partial charge in [-0.3, -0.25) is 9.59 Å². The summed E-state index contributed by atoms with van der Waals surface area (Å²) in [6, 6.07) is 0. The van der Waals surface area contributed by atoms with E-state index in [0.29, 0.717) is 11.4 Å². The lowest BCUT2D eigenvalue weighted by atomic mass is 9.90. The Bertz CT molecular complexity index is 1140. The van der Waals surface area contributed by atoms with Crippen molar-refractivity contribution in [3.63, 3.8) is 0 Å². The lowest BCUT2D eigenvalue weighted by Gasteiger charge is -2.16. The lowest BCUT2D eigenvalue weighted by molar-refractivity contribution is 0.571. The average Bonchev–Trinajstić information content (AvgIpc) is 3.23. The maximum Gasteiger partial charge on any atom is 0.272 e. The fraction of sp³-hybridized carbons (Fsp3) is 0.368. The fourth-order valence-corrected chi connectivity index (χ4v) is 2.50. The van der Waals surface area contributed by atoms with Crippen molar-refractivity contribution in [3.05, 3.63) is 66.8 Å². The van der Waals surface area contributed by atoms with Gasteiger partial charge in [-0.25, -0.2) is 9.97 Å². The third kappa shape index (κ3) is 4.52. The molecule has 0 radical (unpaired) electrons. The van der Waals surface area contributed by atoms with E-state index >= 15 is 0 Å². The molecule has 144 valence electrons. The molecule has 0 atom stereocenters. The van der Waals surface area contributed by atoms with Crippen molar-refractivity contribution >= 4 is 12.2 Å². The minimum atomic E-state index is -0.402. The average molecular weight is 370 g/mol. The normalized spacial score (nSPS) is 12.8. The van der Waals surface area contributed by atoms with Crippen LogP contribution in [0.1, 0.15) is 57.4 Å². The molecule has 0 saturated heterocycles. The van der Waals surface area contributed by atoms with E-state index in [9.17, 15) is 9.59 Å². The highest BCUT2D eigenvalue weighted by atomic mass is 16.1. The quantitative estimate of drug-likeness (QED) is 0.533. The Balaban J connectivity index is 0.00000126. The zero-order chi connectivity index (χ0) is 20.2. The second-order valence-electron chi connectivity index (χ2n) is 6.85. The first-order valence-corrected chi connectivity index (χ1v) is 8.85. The van der Waals surface area contributed by atoms with Gasteiger partial charge in [-0.2, -0.15) is 0 Å². The van der Waals surface area contributed by atoms with Crippen LogP contribution in [-0.4, -0.2) is 29.9 Å². The van der Waals surface area contributed by atoms with Crippen LogP contribution in [0, 0.1) is 6.92 Å². The van der Waals surface area contributed by atoms with Crippen LogP contribution in [-0.2, 0) is 5.41 Å². The number of aromatic amines is 4. The predicted octanol–water partition coefficient (Wildman–Crippen LogP) is 0.799. The van der Waals surface area contributed by atoms with Crippen LogP contribution < -0.4 is 21.8 Å². The summed E-state index contributed by atoms with van der Waals surface area (Å²) in [4.78, 5) is 44.2. The van der Waals surface area contributed by atoms with E-state index in [2.05, 4.69) is 29.9 Å². The van der Waals surface area contributed by atoms with Gasteiger partial charge < -0.3 is 19.9 Å². The minimum absolute atomic E-state index is 0.149. The van der Waals surface area contributed by atoms with E-state index in [1.54, 1.807) is 12.4 Å². The summed E-state index contributed by atoms with van der Waals surface area (Å²) in [5.41, 5.74) is 1.94. The molecule has 0 unspecified atom stereocenters. The van der Waals surface area contributed by atoms with Crippen molar-refractivity contribution < 1.29 is 0 Å². The van der Waals surface area contributed by atoms with Crippen molar-refractivity contribution in [1.82, 2.24) is 29.9 Å². The van der Waals surface area contributed by atoms with Crippen LogP contribution in [0.15, 0.2) is 22.2 Å². The van der Waals surface area contributed by atoms with Crippen LogP contribution >= 0.6 is 0 Å². The molecular weight excluding hydrogens is 344 g/mol. The van der Waals surface area contributed by atoms with Crippen LogP contribution in [0.3, 0.4) is 0 Å². The van der Waals surface area contributed by atoms with E-state index in [0.717, 1.165) is 11.4 Å². The number of aromatic nitrogens is 6. The second-order valence-corrected chi connectivity index (χ2v) is 6.85. The molecule has 0 aliphatic carbocycles.